The minimum absolute atomic E-state index is 0.0108. The van der Waals surface area contributed by atoms with Crippen molar-refractivity contribution < 1.29 is 9.59 Å². The van der Waals surface area contributed by atoms with Crippen LogP contribution in [0.1, 0.15) is 45.0 Å². The van der Waals surface area contributed by atoms with Gasteiger partial charge in [-0.3, -0.25) is 14.9 Å². The molecule has 7 heteroatoms. The maximum atomic E-state index is 12.6. The highest BCUT2D eigenvalue weighted by atomic mass is 35.5. The Bertz CT molecular complexity index is 752. The highest BCUT2D eigenvalue weighted by Crippen LogP contribution is 2.26. The van der Waals surface area contributed by atoms with Crippen LogP contribution in [0.4, 0.5) is 5.13 Å². The number of anilines is 1. The Morgan fingerprint density at radius 2 is 1.83 bits per heavy atom. The van der Waals surface area contributed by atoms with Crippen LogP contribution < -0.4 is 5.32 Å². The number of thiazole rings is 1. The molecule has 126 valence electrons. The van der Waals surface area contributed by atoms with E-state index in [0.717, 1.165) is 25.9 Å². The molecule has 0 saturated carbocycles. The Hall–Kier alpha value is -1.92. The zero-order chi connectivity index (χ0) is 17.1. The first-order valence-corrected chi connectivity index (χ1v) is 9.07. The summed E-state index contributed by atoms with van der Waals surface area (Å²) in [6.07, 6.45) is 3.27. The van der Waals surface area contributed by atoms with Gasteiger partial charge in [0.2, 0.25) is 0 Å². The summed E-state index contributed by atoms with van der Waals surface area (Å²) in [4.78, 5) is 31.6. The van der Waals surface area contributed by atoms with Crippen LogP contribution in [0.15, 0.2) is 24.3 Å². The Kier molecular flexibility index (Phi) is 5.16. The summed E-state index contributed by atoms with van der Waals surface area (Å²) in [5.74, 6) is -0.255. The molecular weight excluding hydrogens is 346 g/mol. The van der Waals surface area contributed by atoms with E-state index in [9.17, 15) is 9.59 Å². The van der Waals surface area contributed by atoms with E-state index >= 15 is 0 Å². The van der Waals surface area contributed by atoms with Gasteiger partial charge in [-0.15, -0.1) is 0 Å². The lowest BCUT2D eigenvalue weighted by Gasteiger charge is -2.26. The van der Waals surface area contributed by atoms with Crippen molar-refractivity contribution in [2.24, 2.45) is 0 Å². The number of carbonyl (C=O) groups is 2. The number of aromatic nitrogens is 1. The summed E-state index contributed by atoms with van der Waals surface area (Å²) in [6.45, 7) is 3.39. The number of piperidine rings is 1. The molecule has 24 heavy (non-hydrogen) atoms. The number of aryl methyl sites for hydroxylation is 1. The Balaban J connectivity index is 1.72. The minimum Gasteiger partial charge on any atom is -0.338 e. The third-order valence-electron chi connectivity index (χ3n) is 3.96. The number of halogens is 1. The zero-order valence-electron chi connectivity index (χ0n) is 13.3. The van der Waals surface area contributed by atoms with Crippen LogP contribution in [0.3, 0.4) is 0 Å². The number of hydrogen-bond donors (Lipinski definition) is 1. The Labute approximate surface area is 149 Å². The second kappa shape index (κ2) is 7.32. The average molecular weight is 364 g/mol. The summed E-state index contributed by atoms with van der Waals surface area (Å²) in [6, 6.07) is 6.62. The molecule has 3 rings (SSSR count). The van der Waals surface area contributed by atoms with Gasteiger partial charge in [-0.2, -0.15) is 0 Å². The number of nitrogens with zero attached hydrogens (tertiary/aromatic N) is 2. The van der Waals surface area contributed by atoms with Crippen LogP contribution in [0.25, 0.3) is 0 Å². The first-order valence-electron chi connectivity index (χ1n) is 7.88. The number of hydrogen-bond acceptors (Lipinski definition) is 4. The minimum atomic E-state index is -0.266. The lowest BCUT2D eigenvalue weighted by Crippen LogP contribution is -2.35. The van der Waals surface area contributed by atoms with E-state index in [-0.39, 0.29) is 11.8 Å². The van der Waals surface area contributed by atoms with Gasteiger partial charge in [0.25, 0.3) is 11.8 Å². The molecule has 2 amide bonds. The van der Waals surface area contributed by atoms with Crippen molar-refractivity contribution in [1.82, 2.24) is 9.88 Å². The number of carbonyl (C=O) groups excluding carboxylic acids is 2. The van der Waals surface area contributed by atoms with E-state index in [1.165, 1.54) is 17.8 Å². The van der Waals surface area contributed by atoms with Crippen molar-refractivity contribution in [1.29, 1.82) is 0 Å². The number of rotatable bonds is 3. The number of likely N-dealkylation sites (tertiary alicyclic amines) is 1. The average Bonchev–Trinajstić information content (AvgIpc) is 2.95. The lowest BCUT2D eigenvalue weighted by molar-refractivity contribution is 0.0728. The molecule has 1 N–H and O–H groups in total. The van der Waals surface area contributed by atoms with E-state index in [0.29, 0.717) is 26.3 Å². The first-order chi connectivity index (χ1) is 11.5. The van der Waals surface area contributed by atoms with Crippen molar-refractivity contribution in [3.63, 3.8) is 0 Å². The highest BCUT2D eigenvalue weighted by molar-refractivity contribution is 7.17. The molecular formula is C17H18ClN3O2S. The van der Waals surface area contributed by atoms with Gasteiger partial charge < -0.3 is 4.90 Å². The largest absolute Gasteiger partial charge is 0.338 e. The standard InChI is InChI=1S/C17H18ClN3O2S/c1-11-14(16(23)21-9-3-2-4-10-21)24-17(19-11)20-15(22)12-5-7-13(18)8-6-12/h5-8H,2-4,9-10H2,1H3,(H,19,20,22). The molecule has 1 aromatic heterocycles. The predicted molar refractivity (Wildman–Crippen MR) is 96.0 cm³/mol. The number of amides is 2. The maximum Gasteiger partial charge on any atom is 0.265 e. The van der Waals surface area contributed by atoms with E-state index in [1.807, 2.05) is 4.90 Å². The van der Waals surface area contributed by atoms with Crippen LogP contribution in [0.5, 0.6) is 0 Å². The molecule has 2 aromatic rings. The summed E-state index contributed by atoms with van der Waals surface area (Å²) >= 11 is 7.05. The highest BCUT2D eigenvalue weighted by Gasteiger charge is 2.23. The van der Waals surface area contributed by atoms with Crippen LogP contribution in [0, 0.1) is 6.92 Å². The summed E-state index contributed by atoms with van der Waals surface area (Å²) in [7, 11) is 0. The molecule has 0 spiro atoms. The molecule has 0 atom stereocenters. The maximum absolute atomic E-state index is 12.6. The summed E-state index contributed by atoms with van der Waals surface area (Å²) in [5, 5.41) is 3.76. The van der Waals surface area contributed by atoms with Crippen molar-refractivity contribution in [3.8, 4) is 0 Å². The molecule has 1 aliphatic heterocycles. The number of nitrogens with one attached hydrogen (secondary N) is 1. The van der Waals surface area contributed by atoms with Crippen LogP contribution in [-0.2, 0) is 0 Å². The Morgan fingerprint density at radius 3 is 2.50 bits per heavy atom. The van der Waals surface area contributed by atoms with E-state index in [4.69, 9.17) is 11.6 Å². The molecule has 1 saturated heterocycles. The van der Waals surface area contributed by atoms with Gasteiger partial charge in [-0.1, -0.05) is 22.9 Å². The smallest absolute Gasteiger partial charge is 0.265 e. The fourth-order valence-corrected chi connectivity index (χ4v) is 3.71. The predicted octanol–water partition coefficient (Wildman–Crippen LogP) is 3.98. The molecule has 5 nitrogen and oxygen atoms in total. The SMILES string of the molecule is Cc1nc(NC(=O)c2ccc(Cl)cc2)sc1C(=O)N1CCCCC1. The zero-order valence-corrected chi connectivity index (χ0v) is 14.9. The summed E-state index contributed by atoms with van der Waals surface area (Å²) < 4.78 is 0. The normalized spacial score (nSPS) is 14.5. The topological polar surface area (TPSA) is 62.3 Å². The molecule has 0 radical (unpaired) electrons. The van der Waals surface area contributed by atoms with Gasteiger partial charge in [0.05, 0.1) is 5.69 Å². The van der Waals surface area contributed by atoms with Gasteiger partial charge in [0.1, 0.15) is 4.88 Å². The van der Waals surface area contributed by atoms with Gasteiger partial charge in [-0.25, -0.2) is 4.98 Å². The Morgan fingerprint density at radius 1 is 1.17 bits per heavy atom. The van der Waals surface area contributed by atoms with Crippen molar-refractivity contribution in [2.45, 2.75) is 26.2 Å². The third-order valence-corrected chi connectivity index (χ3v) is 5.27. The molecule has 0 unspecified atom stereocenters. The molecule has 1 aliphatic rings. The second-order valence-corrected chi connectivity index (χ2v) is 7.18. The van der Waals surface area contributed by atoms with Crippen molar-refractivity contribution in [3.05, 3.63) is 45.4 Å². The molecule has 1 fully saturated rings. The monoisotopic (exact) mass is 363 g/mol. The summed E-state index contributed by atoms with van der Waals surface area (Å²) in [5.41, 5.74) is 1.15. The van der Waals surface area contributed by atoms with E-state index in [2.05, 4.69) is 10.3 Å². The van der Waals surface area contributed by atoms with E-state index < -0.39 is 0 Å². The van der Waals surface area contributed by atoms with Gasteiger partial charge >= 0.3 is 0 Å². The fourth-order valence-electron chi connectivity index (χ4n) is 2.66. The van der Waals surface area contributed by atoms with Crippen molar-refractivity contribution in [2.75, 3.05) is 18.4 Å². The second-order valence-electron chi connectivity index (χ2n) is 5.75. The van der Waals surface area contributed by atoms with Gasteiger partial charge in [-0.05, 0) is 50.5 Å². The quantitative estimate of drug-likeness (QED) is 0.897. The van der Waals surface area contributed by atoms with Gasteiger partial charge in [0.15, 0.2) is 5.13 Å². The molecule has 0 bridgehead atoms. The van der Waals surface area contributed by atoms with Crippen LogP contribution >= 0.6 is 22.9 Å². The van der Waals surface area contributed by atoms with Crippen LogP contribution in [0.2, 0.25) is 5.02 Å². The van der Waals surface area contributed by atoms with Crippen molar-refractivity contribution >= 4 is 39.9 Å². The lowest BCUT2D eigenvalue weighted by atomic mass is 10.1. The first kappa shape index (κ1) is 16.9. The molecule has 1 aromatic carbocycles. The molecule has 2 heterocycles. The van der Waals surface area contributed by atoms with E-state index in [1.54, 1.807) is 31.2 Å². The fraction of sp³-hybridized carbons (Fsp3) is 0.353. The molecule has 0 aliphatic carbocycles. The number of benzene rings is 1. The third kappa shape index (κ3) is 3.76. The van der Waals surface area contributed by atoms with Crippen LogP contribution in [-0.4, -0.2) is 34.8 Å². The van der Waals surface area contributed by atoms with Gasteiger partial charge in [0, 0.05) is 23.7 Å².